The minimum absolute atomic E-state index is 0.137. The molecular weight excluding hydrogens is 472 g/mol. The van der Waals surface area contributed by atoms with Crippen LogP contribution in [0.4, 0.5) is 0 Å². The quantitative estimate of drug-likeness (QED) is 0.418. The van der Waals surface area contributed by atoms with E-state index >= 15 is 0 Å². The van der Waals surface area contributed by atoms with E-state index in [0.29, 0.717) is 25.3 Å². The smallest absolute Gasteiger partial charge is 0.261 e. The van der Waals surface area contributed by atoms with Crippen molar-refractivity contribution in [2.75, 3.05) is 20.3 Å². The van der Waals surface area contributed by atoms with Crippen LogP contribution in [-0.2, 0) is 16.1 Å². The maximum absolute atomic E-state index is 13.2. The Bertz CT molecular complexity index is 886. The molecular formula is C25H33BrN2O4. The van der Waals surface area contributed by atoms with E-state index in [2.05, 4.69) is 28.2 Å². The van der Waals surface area contributed by atoms with Crippen molar-refractivity contribution >= 4 is 27.7 Å². The lowest BCUT2D eigenvalue weighted by atomic mass is 10.1. The van der Waals surface area contributed by atoms with Gasteiger partial charge < -0.3 is 19.7 Å². The number of nitrogens with zero attached hydrogens (tertiary/aromatic N) is 1. The van der Waals surface area contributed by atoms with Crippen LogP contribution in [-0.4, -0.2) is 43.0 Å². The normalized spacial score (nSPS) is 11.5. The highest BCUT2D eigenvalue weighted by Crippen LogP contribution is 2.22. The lowest BCUT2D eigenvalue weighted by Gasteiger charge is -2.30. The van der Waals surface area contributed by atoms with Crippen molar-refractivity contribution in [2.24, 2.45) is 0 Å². The van der Waals surface area contributed by atoms with Gasteiger partial charge in [-0.1, -0.05) is 48.3 Å². The molecule has 2 aromatic carbocycles. The first-order valence-corrected chi connectivity index (χ1v) is 11.8. The molecule has 1 N–H and O–H groups in total. The van der Waals surface area contributed by atoms with Crippen molar-refractivity contribution in [2.45, 2.75) is 52.6 Å². The van der Waals surface area contributed by atoms with Crippen molar-refractivity contribution in [3.05, 3.63) is 58.1 Å². The van der Waals surface area contributed by atoms with Crippen molar-refractivity contribution in [3.63, 3.8) is 0 Å². The summed E-state index contributed by atoms with van der Waals surface area (Å²) < 4.78 is 12.0. The maximum Gasteiger partial charge on any atom is 0.261 e. The van der Waals surface area contributed by atoms with E-state index in [9.17, 15) is 9.59 Å². The SMILES string of the molecule is CCCCNC(=O)[C@H](CC)N(Cc1ccc(OC)cc1)C(=O)COc1ccc(Br)c(C)c1. The minimum Gasteiger partial charge on any atom is -0.497 e. The molecule has 174 valence electrons. The number of unbranched alkanes of at least 4 members (excludes halogenated alkanes) is 1. The van der Waals surface area contributed by atoms with Gasteiger partial charge in [0, 0.05) is 17.6 Å². The molecule has 0 saturated carbocycles. The Morgan fingerprint density at radius 2 is 1.78 bits per heavy atom. The fourth-order valence-corrected chi connectivity index (χ4v) is 3.53. The molecule has 0 saturated heterocycles. The second-order valence-corrected chi connectivity index (χ2v) is 8.49. The largest absolute Gasteiger partial charge is 0.497 e. The van der Waals surface area contributed by atoms with Crippen LogP contribution in [0.3, 0.4) is 0 Å². The van der Waals surface area contributed by atoms with Gasteiger partial charge in [0.1, 0.15) is 17.5 Å². The van der Waals surface area contributed by atoms with Crippen LogP contribution in [0.5, 0.6) is 11.5 Å². The Morgan fingerprint density at radius 1 is 1.09 bits per heavy atom. The summed E-state index contributed by atoms with van der Waals surface area (Å²) in [7, 11) is 1.61. The summed E-state index contributed by atoms with van der Waals surface area (Å²) >= 11 is 3.47. The molecule has 6 nitrogen and oxygen atoms in total. The molecule has 1 atom stereocenters. The zero-order chi connectivity index (χ0) is 23.5. The summed E-state index contributed by atoms with van der Waals surface area (Å²) in [5.74, 6) is 0.981. The highest BCUT2D eigenvalue weighted by atomic mass is 79.9. The molecule has 32 heavy (non-hydrogen) atoms. The number of methoxy groups -OCH3 is 1. The first kappa shape index (κ1) is 25.7. The lowest BCUT2D eigenvalue weighted by Crippen LogP contribution is -2.50. The molecule has 0 aliphatic carbocycles. The minimum atomic E-state index is -0.572. The van der Waals surface area contributed by atoms with Gasteiger partial charge in [-0.3, -0.25) is 9.59 Å². The Morgan fingerprint density at radius 3 is 2.38 bits per heavy atom. The number of carbonyl (C=O) groups is 2. The average Bonchev–Trinajstić information content (AvgIpc) is 2.80. The van der Waals surface area contributed by atoms with Crippen molar-refractivity contribution < 1.29 is 19.1 Å². The summed E-state index contributed by atoms with van der Waals surface area (Å²) in [6.07, 6.45) is 2.41. The molecule has 0 bridgehead atoms. The number of hydrogen-bond acceptors (Lipinski definition) is 4. The van der Waals surface area contributed by atoms with E-state index in [1.54, 1.807) is 12.0 Å². The van der Waals surface area contributed by atoms with Gasteiger partial charge >= 0.3 is 0 Å². The highest BCUT2D eigenvalue weighted by Gasteiger charge is 2.28. The van der Waals surface area contributed by atoms with Crippen LogP contribution >= 0.6 is 15.9 Å². The first-order valence-electron chi connectivity index (χ1n) is 11.0. The average molecular weight is 505 g/mol. The molecule has 0 heterocycles. The molecule has 0 spiro atoms. The molecule has 0 unspecified atom stereocenters. The van der Waals surface area contributed by atoms with E-state index in [1.165, 1.54) is 0 Å². The van der Waals surface area contributed by atoms with Gasteiger partial charge in [0.05, 0.1) is 7.11 Å². The number of benzene rings is 2. The summed E-state index contributed by atoms with van der Waals surface area (Å²) in [5, 5.41) is 2.96. The van der Waals surface area contributed by atoms with Crippen molar-refractivity contribution in [1.29, 1.82) is 0 Å². The van der Waals surface area contributed by atoms with E-state index in [4.69, 9.17) is 9.47 Å². The Balaban J connectivity index is 2.18. The van der Waals surface area contributed by atoms with Crippen LogP contribution in [0, 0.1) is 6.92 Å². The predicted molar refractivity (Wildman–Crippen MR) is 130 cm³/mol. The van der Waals surface area contributed by atoms with E-state index < -0.39 is 6.04 Å². The van der Waals surface area contributed by atoms with Crippen molar-refractivity contribution in [1.82, 2.24) is 10.2 Å². The van der Waals surface area contributed by atoms with Gasteiger partial charge in [-0.25, -0.2) is 0 Å². The summed E-state index contributed by atoms with van der Waals surface area (Å²) in [6, 6.07) is 12.5. The molecule has 7 heteroatoms. The number of rotatable bonds is 12. The second-order valence-electron chi connectivity index (χ2n) is 7.64. The topological polar surface area (TPSA) is 67.9 Å². The standard InChI is InChI=1S/C25H33BrN2O4/c1-5-7-14-27-25(30)23(6-2)28(16-19-8-10-20(31-4)11-9-19)24(29)17-32-21-12-13-22(26)18(3)15-21/h8-13,15,23H,5-7,14,16-17H2,1-4H3,(H,27,30)/t23-/m0/s1. The molecule has 0 aliphatic rings. The number of carbonyl (C=O) groups excluding carboxylic acids is 2. The number of aryl methyl sites for hydroxylation is 1. The second kappa shape index (κ2) is 13.1. The van der Waals surface area contributed by atoms with Gasteiger partial charge in [0.2, 0.25) is 5.91 Å². The third-order valence-corrected chi connectivity index (χ3v) is 6.11. The predicted octanol–water partition coefficient (Wildman–Crippen LogP) is 4.87. The molecule has 2 rings (SSSR count). The van der Waals surface area contributed by atoms with Crippen molar-refractivity contribution in [3.8, 4) is 11.5 Å². The fourth-order valence-electron chi connectivity index (χ4n) is 3.29. The van der Waals surface area contributed by atoms with Gasteiger partial charge in [-0.15, -0.1) is 0 Å². The number of hydrogen-bond donors (Lipinski definition) is 1. The van der Waals surface area contributed by atoms with E-state index in [1.807, 2.05) is 56.3 Å². The number of halogens is 1. The Kier molecular flexibility index (Phi) is 10.5. The number of ether oxygens (including phenoxy) is 2. The van der Waals surface area contributed by atoms with Crippen LogP contribution < -0.4 is 14.8 Å². The highest BCUT2D eigenvalue weighted by molar-refractivity contribution is 9.10. The molecule has 2 amide bonds. The van der Waals surface area contributed by atoms with Gasteiger partial charge in [-0.05, 0) is 61.2 Å². The molecule has 0 aromatic heterocycles. The van der Waals surface area contributed by atoms with Gasteiger partial charge in [-0.2, -0.15) is 0 Å². The lowest BCUT2D eigenvalue weighted by molar-refractivity contribution is -0.143. The summed E-state index contributed by atoms with van der Waals surface area (Å²) in [6.45, 7) is 6.72. The maximum atomic E-state index is 13.2. The molecule has 0 fully saturated rings. The van der Waals surface area contributed by atoms with Gasteiger partial charge in [0.15, 0.2) is 6.61 Å². The van der Waals surface area contributed by atoms with Gasteiger partial charge in [0.25, 0.3) is 5.91 Å². The number of nitrogens with one attached hydrogen (secondary N) is 1. The molecule has 0 radical (unpaired) electrons. The monoisotopic (exact) mass is 504 g/mol. The summed E-state index contributed by atoms with van der Waals surface area (Å²) in [4.78, 5) is 27.7. The summed E-state index contributed by atoms with van der Waals surface area (Å²) in [5.41, 5.74) is 1.94. The molecule has 0 aliphatic heterocycles. The molecule has 2 aromatic rings. The zero-order valence-electron chi connectivity index (χ0n) is 19.3. The van der Waals surface area contributed by atoms with Crippen LogP contribution in [0.1, 0.15) is 44.2 Å². The van der Waals surface area contributed by atoms with E-state index in [0.717, 1.165) is 34.2 Å². The number of amides is 2. The van der Waals surface area contributed by atoms with Crippen LogP contribution in [0.25, 0.3) is 0 Å². The first-order chi connectivity index (χ1) is 15.4. The third kappa shape index (κ3) is 7.55. The Hall–Kier alpha value is -2.54. The van der Waals surface area contributed by atoms with E-state index in [-0.39, 0.29) is 18.4 Å². The third-order valence-electron chi connectivity index (χ3n) is 5.22. The van der Waals surface area contributed by atoms with Crippen LogP contribution in [0.15, 0.2) is 46.9 Å². The fraction of sp³-hybridized carbons (Fsp3) is 0.440. The Labute approximate surface area is 199 Å². The zero-order valence-corrected chi connectivity index (χ0v) is 20.9. The van der Waals surface area contributed by atoms with Crippen LogP contribution in [0.2, 0.25) is 0 Å².